The third-order valence-corrected chi connectivity index (χ3v) is 3.75. The number of anilines is 1. The Kier molecular flexibility index (Phi) is 2.06. The smallest absolute Gasteiger partial charge is 0.182 e. The number of aromatic nitrogens is 2. The van der Waals surface area contributed by atoms with Crippen molar-refractivity contribution in [2.24, 2.45) is 11.3 Å². The van der Waals surface area contributed by atoms with Crippen LogP contribution in [-0.4, -0.2) is 16.5 Å². The minimum absolute atomic E-state index is 0.397. The third kappa shape index (κ3) is 1.63. The Morgan fingerprint density at radius 3 is 2.75 bits per heavy atom. The van der Waals surface area contributed by atoms with Crippen LogP contribution in [0.1, 0.15) is 31.4 Å². The highest BCUT2D eigenvalue weighted by atomic mass is 15.0. The maximum Gasteiger partial charge on any atom is 0.182 e. The van der Waals surface area contributed by atoms with E-state index in [4.69, 9.17) is 5.26 Å². The van der Waals surface area contributed by atoms with Gasteiger partial charge in [0.15, 0.2) is 11.5 Å². The molecule has 1 aromatic rings. The Balaban J connectivity index is 1.68. The zero-order chi connectivity index (χ0) is 11.0. The first-order valence-electron chi connectivity index (χ1n) is 5.79. The minimum Gasteiger partial charge on any atom is -0.367 e. The quantitative estimate of drug-likeness (QED) is 0.832. The second kappa shape index (κ2) is 3.44. The van der Waals surface area contributed by atoms with Crippen LogP contribution in [0.25, 0.3) is 0 Å². The molecule has 1 aromatic heterocycles. The lowest BCUT2D eigenvalue weighted by molar-refractivity contribution is 0.466. The molecule has 1 heterocycles. The summed E-state index contributed by atoms with van der Waals surface area (Å²) in [5, 5.41) is 12.2. The van der Waals surface area contributed by atoms with Gasteiger partial charge in [0, 0.05) is 18.9 Å². The summed E-state index contributed by atoms with van der Waals surface area (Å²) >= 11 is 0. The molecule has 82 valence electrons. The van der Waals surface area contributed by atoms with Crippen LogP contribution in [0.5, 0.6) is 0 Å². The van der Waals surface area contributed by atoms with Crippen LogP contribution >= 0.6 is 0 Å². The zero-order valence-corrected chi connectivity index (χ0v) is 9.11. The summed E-state index contributed by atoms with van der Waals surface area (Å²) in [4.78, 5) is 8.16. The fourth-order valence-electron chi connectivity index (χ4n) is 2.39. The van der Waals surface area contributed by atoms with Gasteiger partial charge in [-0.3, -0.25) is 0 Å². The molecule has 0 bridgehead atoms. The van der Waals surface area contributed by atoms with Crippen molar-refractivity contribution in [2.75, 3.05) is 11.9 Å². The van der Waals surface area contributed by atoms with Crippen LogP contribution in [0.2, 0.25) is 0 Å². The van der Waals surface area contributed by atoms with Gasteiger partial charge in [-0.25, -0.2) is 9.97 Å². The van der Waals surface area contributed by atoms with Gasteiger partial charge in [-0.1, -0.05) is 0 Å². The average Bonchev–Trinajstić information content (AvgIpc) is 3.17. The lowest BCUT2D eigenvalue weighted by Gasteiger charge is -2.15. The van der Waals surface area contributed by atoms with E-state index in [1.165, 1.54) is 25.7 Å². The number of nitrogens with zero attached hydrogens (tertiary/aromatic N) is 3. The van der Waals surface area contributed by atoms with Crippen molar-refractivity contribution in [3.8, 4) is 6.07 Å². The molecule has 0 saturated heterocycles. The molecule has 2 aliphatic carbocycles. The van der Waals surface area contributed by atoms with Gasteiger partial charge in [0.2, 0.25) is 0 Å². The van der Waals surface area contributed by atoms with Gasteiger partial charge in [-0.15, -0.1) is 0 Å². The molecule has 0 aromatic carbocycles. The topological polar surface area (TPSA) is 61.6 Å². The molecule has 0 amide bonds. The summed E-state index contributed by atoms with van der Waals surface area (Å²) in [6.07, 6.45) is 8.59. The van der Waals surface area contributed by atoms with Crippen LogP contribution in [0.4, 0.5) is 5.82 Å². The number of rotatable bonds is 4. The Hall–Kier alpha value is -1.63. The van der Waals surface area contributed by atoms with E-state index in [-0.39, 0.29) is 0 Å². The highest BCUT2D eigenvalue weighted by Crippen LogP contribution is 2.61. The molecular formula is C12H14N4. The standard InChI is InChI=1S/C12H14N4/c13-7-10-11(15-6-5-14-10)16-8-12(3-4-12)9-1-2-9/h5-6,9H,1-4,8H2,(H,15,16). The Morgan fingerprint density at radius 1 is 1.38 bits per heavy atom. The fourth-order valence-corrected chi connectivity index (χ4v) is 2.39. The van der Waals surface area contributed by atoms with E-state index in [9.17, 15) is 0 Å². The summed E-state index contributed by atoms with van der Waals surface area (Å²) in [6.45, 7) is 0.949. The maximum absolute atomic E-state index is 8.89. The highest BCUT2D eigenvalue weighted by Gasteiger charge is 2.53. The van der Waals surface area contributed by atoms with Crippen molar-refractivity contribution in [1.82, 2.24) is 9.97 Å². The van der Waals surface area contributed by atoms with Crippen molar-refractivity contribution in [3.63, 3.8) is 0 Å². The lowest BCUT2D eigenvalue weighted by Crippen LogP contribution is -2.18. The molecule has 3 rings (SSSR count). The molecule has 1 N–H and O–H groups in total. The minimum atomic E-state index is 0.397. The molecule has 4 nitrogen and oxygen atoms in total. The molecule has 2 saturated carbocycles. The molecule has 0 radical (unpaired) electrons. The predicted molar refractivity (Wildman–Crippen MR) is 59.6 cm³/mol. The molecule has 0 spiro atoms. The van der Waals surface area contributed by atoms with Crippen molar-refractivity contribution in [1.29, 1.82) is 5.26 Å². The SMILES string of the molecule is N#Cc1nccnc1NCC1(C2CC2)CC1. The van der Waals surface area contributed by atoms with Gasteiger partial charge in [-0.2, -0.15) is 5.26 Å². The van der Waals surface area contributed by atoms with Gasteiger partial charge in [0.25, 0.3) is 0 Å². The highest BCUT2D eigenvalue weighted by molar-refractivity contribution is 5.47. The second-order valence-corrected chi connectivity index (χ2v) is 4.86. The molecule has 0 unspecified atom stereocenters. The molecule has 2 aliphatic rings. The van der Waals surface area contributed by atoms with Gasteiger partial charge in [-0.05, 0) is 37.0 Å². The second-order valence-electron chi connectivity index (χ2n) is 4.86. The van der Waals surface area contributed by atoms with Crippen molar-refractivity contribution < 1.29 is 0 Å². The summed E-state index contributed by atoms with van der Waals surface area (Å²) in [7, 11) is 0. The van der Waals surface area contributed by atoms with Crippen LogP contribution in [0, 0.1) is 22.7 Å². The predicted octanol–water partition coefficient (Wildman–Crippen LogP) is 1.95. The average molecular weight is 214 g/mol. The van der Waals surface area contributed by atoms with Crippen LogP contribution in [0.3, 0.4) is 0 Å². The first-order chi connectivity index (χ1) is 7.84. The van der Waals surface area contributed by atoms with E-state index in [1.54, 1.807) is 12.4 Å². The zero-order valence-electron chi connectivity index (χ0n) is 9.11. The van der Waals surface area contributed by atoms with E-state index in [1.807, 2.05) is 0 Å². The number of hydrogen-bond acceptors (Lipinski definition) is 4. The van der Waals surface area contributed by atoms with Gasteiger partial charge < -0.3 is 5.32 Å². The van der Waals surface area contributed by atoms with Crippen LogP contribution in [-0.2, 0) is 0 Å². The van der Waals surface area contributed by atoms with Crippen molar-refractivity contribution in [3.05, 3.63) is 18.1 Å². The normalized spacial score (nSPS) is 21.2. The largest absolute Gasteiger partial charge is 0.367 e. The lowest BCUT2D eigenvalue weighted by atomic mass is 10.0. The van der Waals surface area contributed by atoms with E-state index in [0.717, 1.165) is 12.5 Å². The van der Waals surface area contributed by atoms with E-state index < -0.39 is 0 Å². The molecule has 2 fully saturated rings. The Labute approximate surface area is 94.7 Å². The molecule has 0 atom stereocenters. The van der Waals surface area contributed by atoms with Crippen molar-refractivity contribution >= 4 is 5.82 Å². The number of nitrogens with one attached hydrogen (secondary N) is 1. The fraction of sp³-hybridized carbons (Fsp3) is 0.583. The molecule has 0 aliphatic heterocycles. The summed E-state index contributed by atoms with van der Waals surface area (Å²) in [6, 6.07) is 2.06. The molecular weight excluding hydrogens is 200 g/mol. The molecule has 16 heavy (non-hydrogen) atoms. The molecule has 4 heteroatoms. The first kappa shape index (κ1) is 9.59. The number of hydrogen-bond donors (Lipinski definition) is 1. The first-order valence-corrected chi connectivity index (χ1v) is 5.79. The Bertz CT molecular complexity index is 441. The van der Waals surface area contributed by atoms with Gasteiger partial charge >= 0.3 is 0 Å². The summed E-state index contributed by atoms with van der Waals surface area (Å²) in [5.41, 5.74) is 0.915. The van der Waals surface area contributed by atoms with Gasteiger partial charge in [0.05, 0.1) is 0 Å². The monoisotopic (exact) mass is 214 g/mol. The van der Waals surface area contributed by atoms with Crippen LogP contribution < -0.4 is 5.32 Å². The summed E-state index contributed by atoms with van der Waals surface area (Å²) < 4.78 is 0. The van der Waals surface area contributed by atoms with Gasteiger partial charge in [0.1, 0.15) is 6.07 Å². The van der Waals surface area contributed by atoms with Crippen LogP contribution in [0.15, 0.2) is 12.4 Å². The maximum atomic E-state index is 8.89. The van der Waals surface area contributed by atoms with E-state index >= 15 is 0 Å². The third-order valence-electron chi connectivity index (χ3n) is 3.75. The van der Waals surface area contributed by atoms with E-state index in [0.29, 0.717) is 16.9 Å². The number of nitriles is 1. The van der Waals surface area contributed by atoms with E-state index in [2.05, 4.69) is 21.4 Å². The summed E-state index contributed by atoms with van der Waals surface area (Å²) in [5.74, 6) is 1.55. The van der Waals surface area contributed by atoms with Crippen molar-refractivity contribution in [2.45, 2.75) is 25.7 Å². The Morgan fingerprint density at radius 2 is 2.12 bits per heavy atom.